The fourth-order valence-corrected chi connectivity index (χ4v) is 4.74. The molecule has 0 aliphatic heterocycles. The highest BCUT2D eigenvalue weighted by Crippen LogP contribution is 2.35. The number of rotatable bonds is 5. The maximum absolute atomic E-state index is 3.63. The van der Waals surface area contributed by atoms with Gasteiger partial charge in [-0.05, 0) is 79.9 Å². The number of thiophene rings is 2. The quantitative estimate of drug-likeness (QED) is 0.623. The van der Waals surface area contributed by atoms with Crippen molar-refractivity contribution in [2.75, 3.05) is 6.54 Å². The number of halogens is 2. The summed E-state index contributed by atoms with van der Waals surface area (Å²) in [5, 5.41) is 8.01. The molecular formula is C12H13BrINS2. The van der Waals surface area contributed by atoms with Gasteiger partial charge in [-0.15, -0.1) is 22.7 Å². The summed E-state index contributed by atoms with van der Waals surface area (Å²) in [6.45, 7) is 3.24. The number of hydrogen-bond donors (Lipinski definition) is 1. The Bertz CT molecular complexity index is 480. The van der Waals surface area contributed by atoms with Gasteiger partial charge in [0.1, 0.15) is 0 Å². The van der Waals surface area contributed by atoms with Gasteiger partial charge < -0.3 is 5.32 Å². The molecule has 5 heteroatoms. The zero-order chi connectivity index (χ0) is 12.3. The molecule has 0 saturated heterocycles. The first kappa shape index (κ1) is 14.0. The SMILES string of the molecule is CCCNC(c1csc(I)c1)c1sccc1Br. The maximum atomic E-state index is 3.63. The summed E-state index contributed by atoms with van der Waals surface area (Å²) in [6.07, 6.45) is 1.15. The molecule has 0 aliphatic rings. The van der Waals surface area contributed by atoms with Crippen molar-refractivity contribution in [3.05, 3.63) is 40.7 Å². The van der Waals surface area contributed by atoms with Crippen LogP contribution in [0.2, 0.25) is 0 Å². The Labute approximate surface area is 132 Å². The van der Waals surface area contributed by atoms with Crippen LogP contribution in [0.4, 0.5) is 0 Å². The Morgan fingerprint density at radius 1 is 1.47 bits per heavy atom. The van der Waals surface area contributed by atoms with Crippen molar-refractivity contribution in [1.29, 1.82) is 0 Å². The van der Waals surface area contributed by atoms with Gasteiger partial charge in [0.05, 0.1) is 8.93 Å². The van der Waals surface area contributed by atoms with Gasteiger partial charge in [0.25, 0.3) is 0 Å². The van der Waals surface area contributed by atoms with Crippen LogP contribution in [0.1, 0.15) is 29.8 Å². The van der Waals surface area contributed by atoms with Crippen LogP contribution in [0.25, 0.3) is 0 Å². The minimum atomic E-state index is 0.323. The maximum Gasteiger partial charge on any atom is 0.0690 e. The lowest BCUT2D eigenvalue weighted by Crippen LogP contribution is -2.22. The van der Waals surface area contributed by atoms with Gasteiger partial charge in [-0.1, -0.05) is 6.92 Å². The first-order valence-electron chi connectivity index (χ1n) is 5.42. The Hall–Kier alpha value is 0.570. The van der Waals surface area contributed by atoms with Gasteiger partial charge in [-0.25, -0.2) is 0 Å². The van der Waals surface area contributed by atoms with Gasteiger partial charge in [0.15, 0.2) is 0 Å². The van der Waals surface area contributed by atoms with Crippen molar-refractivity contribution in [3.63, 3.8) is 0 Å². The molecule has 2 heterocycles. The van der Waals surface area contributed by atoms with Crippen molar-refractivity contribution >= 4 is 61.2 Å². The van der Waals surface area contributed by atoms with Crippen LogP contribution >= 0.6 is 61.2 Å². The van der Waals surface area contributed by atoms with Gasteiger partial charge >= 0.3 is 0 Å². The summed E-state index contributed by atoms with van der Waals surface area (Å²) in [5.74, 6) is 0. The molecule has 0 bridgehead atoms. The standard InChI is InChI=1S/C12H13BrINS2/c1-2-4-15-11(8-6-10(14)17-7-8)12-9(13)3-5-16-12/h3,5-7,11,15H,2,4H2,1H3. The minimum Gasteiger partial charge on any atom is -0.306 e. The largest absolute Gasteiger partial charge is 0.306 e. The van der Waals surface area contributed by atoms with Crippen molar-refractivity contribution in [2.24, 2.45) is 0 Å². The summed E-state index contributed by atoms with van der Waals surface area (Å²) >= 11 is 9.63. The molecule has 2 rings (SSSR count). The summed E-state index contributed by atoms with van der Waals surface area (Å²) in [7, 11) is 0. The monoisotopic (exact) mass is 441 g/mol. The third-order valence-electron chi connectivity index (χ3n) is 2.43. The predicted molar refractivity (Wildman–Crippen MR) is 89.2 cm³/mol. The second-order valence-corrected chi connectivity index (χ2v) is 8.31. The Kier molecular flexibility index (Phi) is 5.48. The predicted octanol–water partition coefficient (Wildman–Crippen LogP) is 5.27. The molecule has 0 fully saturated rings. The molecule has 1 N–H and O–H groups in total. The van der Waals surface area contributed by atoms with Crippen molar-refractivity contribution in [1.82, 2.24) is 5.32 Å². The van der Waals surface area contributed by atoms with E-state index in [9.17, 15) is 0 Å². The Morgan fingerprint density at radius 2 is 2.29 bits per heavy atom. The molecule has 17 heavy (non-hydrogen) atoms. The Balaban J connectivity index is 2.28. The topological polar surface area (TPSA) is 12.0 Å². The Morgan fingerprint density at radius 3 is 2.82 bits per heavy atom. The number of hydrogen-bond acceptors (Lipinski definition) is 3. The van der Waals surface area contributed by atoms with E-state index in [4.69, 9.17) is 0 Å². The highest BCUT2D eigenvalue weighted by molar-refractivity contribution is 14.1. The average molecular weight is 442 g/mol. The van der Waals surface area contributed by atoms with E-state index < -0.39 is 0 Å². The van der Waals surface area contributed by atoms with Gasteiger partial charge in [0.2, 0.25) is 0 Å². The molecule has 1 unspecified atom stereocenters. The molecule has 0 aromatic carbocycles. The lowest BCUT2D eigenvalue weighted by molar-refractivity contribution is 0.606. The first-order chi connectivity index (χ1) is 8.22. The van der Waals surface area contributed by atoms with Gasteiger partial charge in [0, 0.05) is 9.35 Å². The van der Waals surface area contributed by atoms with E-state index >= 15 is 0 Å². The van der Waals surface area contributed by atoms with Crippen LogP contribution in [-0.4, -0.2) is 6.54 Å². The van der Waals surface area contributed by atoms with Crippen LogP contribution in [-0.2, 0) is 0 Å². The summed E-state index contributed by atoms with van der Waals surface area (Å²) < 4.78 is 2.55. The van der Waals surface area contributed by atoms with Gasteiger partial charge in [-0.3, -0.25) is 0 Å². The van der Waals surface area contributed by atoms with Crippen LogP contribution in [0.3, 0.4) is 0 Å². The fourth-order valence-electron chi connectivity index (χ4n) is 1.64. The molecule has 0 spiro atoms. The zero-order valence-corrected chi connectivity index (χ0v) is 14.7. The van der Waals surface area contributed by atoms with Gasteiger partial charge in [-0.2, -0.15) is 0 Å². The van der Waals surface area contributed by atoms with Crippen molar-refractivity contribution in [3.8, 4) is 0 Å². The third kappa shape index (κ3) is 3.53. The molecule has 2 aromatic heterocycles. The van der Waals surface area contributed by atoms with E-state index in [2.05, 4.69) is 73.7 Å². The zero-order valence-electron chi connectivity index (χ0n) is 9.37. The molecule has 0 saturated carbocycles. The molecule has 92 valence electrons. The third-order valence-corrected chi connectivity index (χ3v) is 6.17. The van der Waals surface area contributed by atoms with E-state index in [1.807, 2.05) is 0 Å². The van der Waals surface area contributed by atoms with Crippen LogP contribution < -0.4 is 5.32 Å². The lowest BCUT2D eigenvalue weighted by Gasteiger charge is -2.16. The second-order valence-electron chi connectivity index (χ2n) is 3.70. The van der Waals surface area contributed by atoms with Crippen LogP contribution in [0, 0.1) is 2.88 Å². The molecule has 1 atom stereocenters. The smallest absolute Gasteiger partial charge is 0.0690 e. The van der Waals surface area contributed by atoms with E-state index in [-0.39, 0.29) is 0 Å². The fraction of sp³-hybridized carbons (Fsp3) is 0.333. The van der Waals surface area contributed by atoms with E-state index in [1.165, 1.54) is 17.8 Å². The highest BCUT2D eigenvalue weighted by Gasteiger charge is 2.18. The summed E-state index contributed by atoms with van der Waals surface area (Å²) in [4.78, 5) is 1.37. The summed E-state index contributed by atoms with van der Waals surface area (Å²) in [5.41, 5.74) is 1.37. The van der Waals surface area contributed by atoms with Crippen LogP contribution in [0.5, 0.6) is 0 Å². The molecule has 0 radical (unpaired) electrons. The minimum absolute atomic E-state index is 0.323. The molecule has 0 amide bonds. The van der Waals surface area contributed by atoms with Crippen molar-refractivity contribution < 1.29 is 0 Å². The van der Waals surface area contributed by atoms with Crippen LogP contribution in [0.15, 0.2) is 27.4 Å². The summed E-state index contributed by atoms with van der Waals surface area (Å²) in [6, 6.07) is 4.71. The molecule has 1 nitrogen and oxygen atoms in total. The second kappa shape index (κ2) is 6.65. The van der Waals surface area contributed by atoms with Crippen molar-refractivity contribution in [2.45, 2.75) is 19.4 Å². The average Bonchev–Trinajstić information content (AvgIpc) is 2.90. The molecular weight excluding hydrogens is 429 g/mol. The molecule has 0 aliphatic carbocycles. The van der Waals surface area contributed by atoms with E-state index in [0.717, 1.165) is 13.0 Å². The van der Waals surface area contributed by atoms with E-state index in [1.54, 1.807) is 22.7 Å². The normalized spacial score (nSPS) is 12.9. The lowest BCUT2D eigenvalue weighted by atomic mass is 10.1. The number of nitrogens with one attached hydrogen (secondary N) is 1. The van der Waals surface area contributed by atoms with E-state index in [0.29, 0.717) is 6.04 Å². The first-order valence-corrected chi connectivity index (χ1v) is 9.05. The molecule has 2 aromatic rings. The highest BCUT2D eigenvalue weighted by atomic mass is 127.